The van der Waals surface area contributed by atoms with E-state index < -0.39 is 10.0 Å². The van der Waals surface area contributed by atoms with E-state index in [0.717, 1.165) is 5.56 Å². The summed E-state index contributed by atoms with van der Waals surface area (Å²) in [5, 5.41) is 3.00. The van der Waals surface area contributed by atoms with Crippen LogP contribution in [0.3, 0.4) is 0 Å². The highest BCUT2D eigenvalue weighted by molar-refractivity contribution is 7.89. The number of aryl methyl sites for hydroxylation is 1. The highest BCUT2D eigenvalue weighted by atomic mass is 32.2. The van der Waals surface area contributed by atoms with Gasteiger partial charge in [0.15, 0.2) is 0 Å². The fourth-order valence-corrected chi connectivity index (χ4v) is 2.57. The number of benzene rings is 1. The molecule has 0 fully saturated rings. The molecule has 0 amide bonds. The molecule has 1 aliphatic heterocycles. The van der Waals surface area contributed by atoms with Crippen molar-refractivity contribution in [2.45, 2.75) is 11.8 Å². The predicted molar refractivity (Wildman–Crippen MR) is 50.0 cm³/mol. The summed E-state index contributed by atoms with van der Waals surface area (Å²) >= 11 is 0. The molecule has 1 aromatic carbocycles. The van der Waals surface area contributed by atoms with Gasteiger partial charge in [0.25, 0.3) is 0 Å². The Morgan fingerprint density at radius 2 is 2.15 bits per heavy atom. The Kier molecular flexibility index (Phi) is 1.78. The first-order valence-electron chi connectivity index (χ1n) is 3.94. The highest BCUT2D eigenvalue weighted by Crippen LogP contribution is 2.26. The number of sulfonamides is 1. The molecule has 4 nitrogen and oxygen atoms in total. The molecule has 0 atom stereocenters. The van der Waals surface area contributed by atoms with Gasteiger partial charge in [-0.05, 0) is 18.6 Å². The third-order valence-electron chi connectivity index (χ3n) is 2.05. The number of fused-ring (bicyclic) bond motifs is 1. The number of rotatable bonds is 0. The van der Waals surface area contributed by atoms with Crippen LogP contribution in [0, 0.1) is 6.92 Å². The molecule has 0 saturated carbocycles. The molecule has 2 rings (SSSR count). The molecule has 0 bridgehead atoms. The first-order chi connectivity index (χ1) is 6.11. The Bertz CT molecular complexity index is 439. The second kappa shape index (κ2) is 2.71. The zero-order valence-electron chi connectivity index (χ0n) is 7.16. The van der Waals surface area contributed by atoms with Crippen LogP contribution in [0.5, 0.6) is 0 Å². The van der Waals surface area contributed by atoms with Gasteiger partial charge in [0.2, 0.25) is 10.0 Å². The van der Waals surface area contributed by atoms with Crippen LogP contribution in [0.25, 0.3) is 0 Å². The van der Waals surface area contributed by atoms with Gasteiger partial charge in [0, 0.05) is 0 Å². The fourth-order valence-electron chi connectivity index (χ4n) is 1.39. The number of hydrogen-bond acceptors (Lipinski definition) is 3. The zero-order valence-corrected chi connectivity index (χ0v) is 7.98. The second-order valence-electron chi connectivity index (χ2n) is 2.95. The molecular weight excluding hydrogens is 188 g/mol. The summed E-state index contributed by atoms with van der Waals surface area (Å²) in [4.78, 5) is 0.332. The molecule has 0 aromatic heterocycles. The van der Waals surface area contributed by atoms with Gasteiger partial charge >= 0.3 is 0 Å². The highest BCUT2D eigenvalue weighted by Gasteiger charge is 2.22. The van der Waals surface area contributed by atoms with Crippen LogP contribution >= 0.6 is 0 Å². The lowest BCUT2D eigenvalue weighted by atomic mass is 10.2. The quantitative estimate of drug-likeness (QED) is 0.643. The summed E-state index contributed by atoms with van der Waals surface area (Å²) < 4.78 is 25.4. The van der Waals surface area contributed by atoms with Crippen molar-refractivity contribution in [1.29, 1.82) is 0 Å². The molecule has 1 aromatic rings. The van der Waals surface area contributed by atoms with Gasteiger partial charge in [-0.2, -0.15) is 4.72 Å². The standard InChI is InChI=1S/C8H10N2O2S/c1-6-3-2-4-7-8(6)9-5-10-13(7,11)12/h2-4,9-10H,5H2,1H3. The van der Waals surface area contributed by atoms with E-state index in [1.54, 1.807) is 12.1 Å². The van der Waals surface area contributed by atoms with Gasteiger partial charge in [-0.15, -0.1) is 0 Å². The van der Waals surface area contributed by atoms with Crippen LogP contribution in [0.15, 0.2) is 23.1 Å². The van der Waals surface area contributed by atoms with Crippen molar-refractivity contribution in [3.63, 3.8) is 0 Å². The van der Waals surface area contributed by atoms with Gasteiger partial charge in [0.05, 0.1) is 12.4 Å². The van der Waals surface area contributed by atoms with Gasteiger partial charge in [-0.1, -0.05) is 12.1 Å². The van der Waals surface area contributed by atoms with E-state index in [1.807, 2.05) is 13.0 Å². The molecule has 5 heteroatoms. The van der Waals surface area contributed by atoms with Crippen LogP contribution in [-0.2, 0) is 10.0 Å². The molecule has 0 saturated heterocycles. The summed E-state index contributed by atoms with van der Waals surface area (Å²) in [5.41, 5.74) is 1.66. The Morgan fingerprint density at radius 3 is 2.85 bits per heavy atom. The zero-order chi connectivity index (χ0) is 9.47. The molecule has 2 N–H and O–H groups in total. The third-order valence-corrected chi connectivity index (χ3v) is 3.50. The maximum absolute atomic E-state index is 11.5. The Morgan fingerprint density at radius 1 is 1.38 bits per heavy atom. The number of anilines is 1. The SMILES string of the molecule is Cc1cccc2c1NCNS2(=O)=O. The van der Waals surface area contributed by atoms with Crippen molar-refractivity contribution in [1.82, 2.24) is 4.72 Å². The van der Waals surface area contributed by atoms with Crippen molar-refractivity contribution < 1.29 is 8.42 Å². The summed E-state index contributed by atoms with van der Waals surface area (Å²) in [7, 11) is -3.28. The Balaban J connectivity index is 2.73. The van der Waals surface area contributed by atoms with E-state index >= 15 is 0 Å². The summed E-state index contributed by atoms with van der Waals surface area (Å²) in [6, 6.07) is 5.21. The smallest absolute Gasteiger partial charge is 0.244 e. The molecule has 0 unspecified atom stereocenters. The normalized spacial score (nSPS) is 18.8. The minimum Gasteiger partial charge on any atom is -0.370 e. The van der Waals surface area contributed by atoms with Crippen molar-refractivity contribution in [3.05, 3.63) is 23.8 Å². The summed E-state index contributed by atoms with van der Waals surface area (Å²) in [6.07, 6.45) is 0. The summed E-state index contributed by atoms with van der Waals surface area (Å²) in [6.45, 7) is 2.15. The van der Waals surface area contributed by atoms with Crippen LogP contribution < -0.4 is 10.0 Å². The Hall–Kier alpha value is -1.07. The molecule has 0 aliphatic carbocycles. The molecule has 1 heterocycles. The average molecular weight is 198 g/mol. The molecule has 0 radical (unpaired) electrons. The van der Waals surface area contributed by atoms with Crippen molar-refractivity contribution >= 4 is 15.7 Å². The second-order valence-corrected chi connectivity index (χ2v) is 4.68. The average Bonchev–Trinajstić information content (AvgIpc) is 2.06. The number of nitrogens with one attached hydrogen (secondary N) is 2. The van der Waals surface area contributed by atoms with Gasteiger partial charge in [0.1, 0.15) is 4.90 Å². The van der Waals surface area contributed by atoms with Gasteiger partial charge < -0.3 is 5.32 Å². The maximum Gasteiger partial charge on any atom is 0.244 e. The number of para-hydroxylation sites is 1. The van der Waals surface area contributed by atoms with Crippen LogP contribution in [0.2, 0.25) is 0 Å². The fraction of sp³-hybridized carbons (Fsp3) is 0.250. The largest absolute Gasteiger partial charge is 0.370 e. The van der Waals surface area contributed by atoms with Crippen molar-refractivity contribution in [2.24, 2.45) is 0 Å². The van der Waals surface area contributed by atoms with Crippen LogP contribution in [0.4, 0.5) is 5.69 Å². The molecule has 1 aliphatic rings. The first-order valence-corrected chi connectivity index (χ1v) is 5.43. The minimum absolute atomic E-state index is 0.264. The molecule has 13 heavy (non-hydrogen) atoms. The monoisotopic (exact) mass is 198 g/mol. The number of hydrogen-bond donors (Lipinski definition) is 2. The lowest BCUT2D eigenvalue weighted by Crippen LogP contribution is -2.34. The van der Waals surface area contributed by atoms with E-state index in [1.165, 1.54) is 0 Å². The van der Waals surface area contributed by atoms with E-state index in [9.17, 15) is 8.42 Å². The molecular formula is C8H10N2O2S. The molecule has 0 spiro atoms. The lowest BCUT2D eigenvalue weighted by Gasteiger charge is -2.20. The first kappa shape index (κ1) is 8.52. The Labute approximate surface area is 77.0 Å². The lowest BCUT2D eigenvalue weighted by molar-refractivity contribution is 0.581. The predicted octanol–water partition coefficient (Wildman–Crippen LogP) is 0.656. The van der Waals surface area contributed by atoms with E-state index in [0.29, 0.717) is 10.6 Å². The van der Waals surface area contributed by atoms with Crippen LogP contribution in [0.1, 0.15) is 5.56 Å². The topological polar surface area (TPSA) is 58.2 Å². The van der Waals surface area contributed by atoms with E-state index in [4.69, 9.17) is 0 Å². The summed E-state index contributed by atoms with van der Waals surface area (Å²) in [5.74, 6) is 0. The maximum atomic E-state index is 11.5. The van der Waals surface area contributed by atoms with Gasteiger partial charge in [-0.25, -0.2) is 8.42 Å². The van der Waals surface area contributed by atoms with E-state index in [-0.39, 0.29) is 6.67 Å². The minimum atomic E-state index is -3.28. The molecule has 70 valence electrons. The van der Waals surface area contributed by atoms with Crippen molar-refractivity contribution in [2.75, 3.05) is 12.0 Å². The van der Waals surface area contributed by atoms with Crippen LogP contribution in [-0.4, -0.2) is 15.1 Å². The van der Waals surface area contributed by atoms with Gasteiger partial charge in [-0.3, -0.25) is 0 Å². The third kappa shape index (κ3) is 1.30. The van der Waals surface area contributed by atoms with E-state index in [2.05, 4.69) is 10.0 Å². The van der Waals surface area contributed by atoms with Crippen molar-refractivity contribution in [3.8, 4) is 0 Å².